The molecule has 4 aromatic carbocycles. The van der Waals surface area contributed by atoms with Gasteiger partial charge in [-0.25, -0.2) is 0 Å². The molecule has 4 aromatic rings. The lowest BCUT2D eigenvalue weighted by molar-refractivity contribution is -0.196. The van der Waals surface area contributed by atoms with E-state index in [4.69, 9.17) is 23.7 Å². The summed E-state index contributed by atoms with van der Waals surface area (Å²) < 4.78 is 31.2. The number of hydrogen-bond donors (Lipinski definition) is 1. The molecule has 6 nitrogen and oxygen atoms in total. The molecular formula is C34H36O6. The second kappa shape index (κ2) is 14.9. The van der Waals surface area contributed by atoms with E-state index in [2.05, 4.69) is 0 Å². The van der Waals surface area contributed by atoms with E-state index < -0.39 is 30.7 Å². The zero-order valence-corrected chi connectivity index (χ0v) is 22.5. The van der Waals surface area contributed by atoms with Gasteiger partial charge in [0.25, 0.3) is 0 Å². The standard InChI is InChI=1S/C34H36O6/c35-31-33(38-23-28-17-9-3-10-18-28)32(40-34(31)39-24-29-19-11-4-12-20-29)30(37-22-27-15-7-2-8-16-27)25-36-21-26-13-5-1-6-14-26/h1-20,30-35H,21-25H2/t30?,31-,32-,33-,34+/m1/s1. The Morgan fingerprint density at radius 1 is 0.575 bits per heavy atom. The summed E-state index contributed by atoms with van der Waals surface area (Å²) in [5.74, 6) is 0. The van der Waals surface area contributed by atoms with E-state index in [0.717, 1.165) is 22.3 Å². The number of benzene rings is 4. The summed E-state index contributed by atoms with van der Waals surface area (Å²) in [5, 5.41) is 11.3. The molecule has 6 heteroatoms. The van der Waals surface area contributed by atoms with Crippen LogP contribution in [-0.2, 0) is 50.1 Å². The average Bonchev–Trinajstić information content (AvgIpc) is 3.33. The van der Waals surface area contributed by atoms with Crippen LogP contribution >= 0.6 is 0 Å². The van der Waals surface area contributed by atoms with Gasteiger partial charge in [0.15, 0.2) is 6.29 Å². The third-order valence-electron chi connectivity index (χ3n) is 6.84. The molecule has 0 aliphatic carbocycles. The van der Waals surface area contributed by atoms with E-state index in [1.54, 1.807) is 0 Å². The molecule has 1 saturated heterocycles. The summed E-state index contributed by atoms with van der Waals surface area (Å²) in [7, 11) is 0. The topological polar surface area (TPSA) is 66.4 Å². The van der Waals surface area contributed by atoms with Crippen LogP contribution in [0.1, 0.15) is 22.3 Å². The van der Waals surface area contributed by atoms with Gasteiger partial charge in [0, 0.05) is 0 Å². The van der Waals surface area contributed by atoms with Gasteiger partial charge >= 0.3 is 0 Å². The van der Waals surface area contributed by atoms with Crippen molar-refractivity contribution in [1.29, 1.82) is 0 Å². The molecule has 0 spiro atoms. The van der Waals surface area contributed by atoms with Crippen LogP contribution < -0.4 is 0 Å². The van der Waals surface area contributed by atoms with Crippen molar-refractivity contribution in [2.75, 3.05) is 6.61 Å². The third kappa shape index (κ3) is 8.08. The lowest BCUT2D eigenvalue weighted by Crippen LogP contribution is -2.44. The van der Waals surface area contributed by atoms with E-state index in [0.29, 0.717) is 26.4 Å². The van der Waals surface area contributed by atoms with Crippen molar-refractivity contribution in [3.8, 4) is 0 Å². The highest BCUT2D eigenvalue weighted by Crippen LogP contribution is 2.30. The molecule has 1 heterocycles. The molecule has 1 aliphatic heterocycles. The molecule has 0 amide bonds. The fourth-order valence-corrected chi connectivity index (χ4v) is 4.69. The third-order valence-corrected chi connectivity index (χ3v) is 6.84. The highest BCUT2D eigenvalue weighted by molar-refractivity contribution is 5.16. The lowest BCUT2D eigenvalue weighted by Gasteiger charge is -2.28. The summed E-state index contributed by atoms with van der Waals surface area (Å²) in [6.45, 7) is 1.70. The van der Waals surface area contributed by atoms with E-state index in [1.807, 2.05) is 121 Å². The molecular weight excluding hydrogens is 504 g/mol. The number of hydrogen-bond acceptors (Lipinski definition) is 6. The maximum absolute atomic E-state index is 11.3. The summed E-state index contributed by atoms with van der Waals surface area (Å²) >= 11 is 0. The smallest absolute Gasteiger partial charge is 0.187 e. The second-order valence-electron chi connectivity index (χ2n) is 9.85. The number of aliphatic hydroxyl groups is 1. The maximum Gasteiger partial charge on any atom is 0.187 e. The molecule has 1 unspecified atom stereocenters. The molecule has 0 saturated carbocycles. The number of rotatable bonds is 14. The van der Waals surface area contributed by atoms with Crippen LogP contribution in [0.25, 0.3) is 0 Å². The fraction of sp³-hybridized carbons (Fsp3) is 0.294. The first-order valence-electron chi connectivity index (χ1n) is 13.7. The normalized spacial score (nSPS) is 21.3. The number of ether oxygens (including phenoxy) is 5. The Labute approximate surface area is 236 Å². The molecule has 0 aromatic heterocycles. The van der Waals surface area contributed by atoms with Crippen molar-refractivity contribution >= 4 is 0 Å². The van der Waals surface area contributed by atoms with E-state index >= 15 is 0 Å². The first-order chi connectivity index (χ1) is 19.8. The summed E-state index contributed by atoms with van der Waals surface area (Å²) in [5.41, 5.74) is 4.10. The van der Waals surface area contributed by atoms with Gasteiger partial charge in [0.05, 0.1) is 33.0 Å². The minimum Gasteiger partial charge on any atom is -0.385 e. The van der Waals surface area contributed by atoms with Crippen molar-refractivity contribution < 1.29 is 28.8 Å². The zero-order valence-electron chi connectivity index (χ0n) is 22.5. The molecule has 0 radical (unpaired) electrons. The summed E-state index contributed by atoms with van der Waals surface area (Å²) in [4.78, 5) is 0. The van der Waals surface area contributed by atoms with Crippen LogP contribution in [0.2, 0.25) is 0 Å². The van der Waals surface area contributed by atoms with Gasteiger partial charge in [0.1, 0.15) is 24.4 Å². The molecule has 5 rings (SSSR count). The van der Waals surface area contributed by atoms with Gasteiger partial charge in [-0.2, -0.15) is 0 Å². The summed E-state index contributed by atoms with van der Waals surface area (Å²) in [6, 6.07) is 39.7. The first kappa shape index (κ1) is 28.2. The van der Waals surface area contributed by atoms with Crippen molar-refractivity contribution in [2.24, 2.45) is 0 Å². The number of aliphatic hydroxyl groups excluding tert-OH is 1. The molecule has 1 aliphatic rings. The van der Waals surface area contributed by atoms with E-state index in [9.17, 15) is 5.11 Å². The molecule has 208 valence electrons. The van der Waals surface area contributed by atoms with Crippen LogP contribution in [0.5, 0.6) is 0 Å². The highest BCUT2D eigenvalue weighted by atomic mass is 16.7. The van der Waals surface area contributed by atoms with Gasteiger partial charge in [-0.1, -0.05) is 121 Å². The van der Waals surface area contributed by atoms with Gasteiger partial charge in [-0.15, -0.1) is 0 Å². The lowest BCUT2D eigenvalue weighted by atomic mass is 10.1. The van der Waals surface area contributed by atoms with Crippen LogP contribution in [0.4, 0.5) is 0 Å². The Morgan fingerprint density at radius 3 is 1.55 bits per heavy atom. The SMILES string of the molecule is O[C@H]1[C@@H](OCc2ccccc2)O[C@H](C(COCc2ccccc2)OCc2ccccc2)[C@@H]1OCc1ccccc1. The Kier molecular flexibility index (Phi) is 10.5. The quantitative estimate of drug-likeness (QED) is 0.222. The van der Waals surface area contributed by atoms with Crippen LogP contribution in [-0.4, -0.2) is 42.4 Å². The van der Waals surface area contributed by atoms with Gasteiger partial charge in [-0.05, 0) is 22.3 Å². The van der Waals surface area contributed by atoms with Crippen molar-refractivity contribution in [1.82, 2.24) is 0 Å². The second-order valence-corrected chi connectivity index (χ2v) is 9.85. The predicted molar refractivity (Wildman–Crippen MR) is 152 cm³/mol. The van der Waals surface area contributed by atoms with Crippen LogP contribution in [0.15, 0.2) is 121 Å². The van der Waals surface area contributed by atoms with Gasteiger partial charge in [-0.3, -0.25) is 0 Å². The monoisotopic (exact) mass is 540 g/mol. The van der Waals surface area contributed by atoms with E-state index in [1.165, 1.54) is 0 Å². The zero-order chi connectivity index (χ0) is 27.4. The predicted octanol–water partition coefficient (Wildman–Crippen LogP) is 5.68. The fourth-order valence-electron chi connectivity index (χ4n) is 4.69. The van der Waals surface area contributed by atoms with Crippen molar-refractivity contribution in [2.45, 2.75) is 57.1 Å². The van der Waals surface area contributed by atoms with Crippen molar-refractivity contribution in [3.63, 3.8) is 0 Å². The molecule has 40 heavy (non-hydrogen) atoms. The Morgan fingerprint density at radius 2 is 1.02 bits per heavy atom. The van der Waals surface area contributed by atoms with Crippen LogP contribution in [0.3, 0.4) is 0 Å². The minimum atomic E-state index is -1.01. The highest BCUT2D eigenvalue weighted by Gasteiger charge is 2.49. The largest absolute Gasteiger partial charge is 0.385 e. The minimum absolute atomic E-state index is 0.260. The van der Waals surface area contributed by atoms with E-state index in [-0.39, 0.29) is 6.61 Å². The van der Waals surface area contributed by atoms with Gasteiger partial charge < -0.3 is 28.8 Å². The average molecular weight is 541 g/mol. The Bertz CT molecular complexity index is 1240. The molecule has 1 fully saturated rings. The van der Waals surface area contributed by atoms with Gasteiger partial charge in [0.2, 0.25) is 0 Å². The Hall–Kier alpha value is -3.36. The van der Waals surface area contributed by atoms with Crippen molar-refractivity contribution in [3.05, 3.63) is 144 Å². The molecule has 0 bridgehead atoms. The molecule has 5 atom stereocenters. The first-order valence-corrected chi connectivity index (χ1v) is 13.7. The maximum atomic E-state index is 11.3. The molecule has 1 N–H and O–H groups in total. The Balaban J connectivity index is 1.32. The summed E-state index contributed by atoms with van der Waals surface area (Å²) in [6.07, 6.45) is -3.68. The van der Waals surface area contributed by atoms with Crippen LogP contribution in [0, 0.1) is 0 Å².